The maximum absolute atomic E-state index is 10.8. The van der Waals surface area contributed by atoms with E-state index in [9.17, 15) is 4.79 Å². The van der Waals surface area contributed by atoms with Crippen molar-refractivity contribution < 1.29 is 9.90 Å². The number of benzene rings is 1. The van der Waals surface area contributed by atoms with E-state index in [1.165, 1.54) is 0 Å². The van der Waals surface area contributed by atoms with Crippen LogP contribution in [0, 0.1) is 0 Å². The molecule has 1 aromatic carbocycles. The number of primary amides is 1. The van der Waals surface area contributed by atoms with Gasteiger partial charge >= 0.3 is 0 Å². The number of rotatable bonds is 4. The molecule has 0 aliphatic carbocycles. The molecule has 0 saturated heterocycles. The van der Waals surface area contributed by atoms with Gasteiger partial charge in [0, 0.05) is 24.8 Å². The summed E-state index contributed by atoms with van der Waals surface area (Å²) in [5.41, 5.74) is 6.55. The number of aliphatic hydroxyl groups is 1. The van der Waals surface area contributed by atoms with Crippen molar-refractivity contribution in [3.8, 4) is 0 Å². The molecule has 4 heteroatoms. The Bertz CT molecular complexity index is 308. The van der Waals surface area contributed by atoms with Crippen molar-refractivity contribution in [2.75, 3.05) is 25.1 Å². The molecule has 0 aliphatic rings. The van der Waals surface area contributed by atoms with Gasteiger partial charge in [0.05, 0.1) is 6.61 Å². The molecule has 0 bridgehead atoms. The Kier molecular flexibility index (Phi) is 3.48. The molecule has 14 heavy (non-hydrogen) atoms. The van der Waals surface area contributed by atoms with Gasteiger partial charge < -0.3 is 15.7 Å². The molecule has 1 rings (SSSR count). The summed E-state index contributed by atoms with van der Waals surface area (Å²) in [6, 6.07) is 6.95. The van der Waals surface area contributed by atoms with Gasteiger partial charge in [0.1, 0.15) is 0 Å². The summed E-state index contributed by atoms with van der Waals surface area (Å²) in [5.74, 6) is -0.429. The van der Waals surface area contributed by atoms with Gasteiger partial charge in [-0.15, -0.1) is 0 Å². The summed E-state index contributed by atoms with van der Waals surface area (Å²) < 4.78 is 0. The smallest absolute Gasteiger partial charge is 0.248 e. The summed E-state index contributed by atoms with van der Waals surface area (Å²) in [4.78, 5) is 12.7. The van der Waals surface area contributed by atoms with Crippen LogP contribution in [0.5, 0.6) is 0 Å². The molecule has 0 spiro atoms. The summed E-state index contributed by atoms with van der Waals surface area (Å²) in [6.45, 7) is 0.671. The van der Waals surface area contributed by atoms with Crippen LogP contribution in [0.3, 0.4) is 0 Å². The standard InChI is InChI=1S/C10H14N2O2/c1-12(6-7-13)9-4-2-8(3-5-9)10(11)14/h2-5,13H,6-7H2,1H3,(H2,11,14). The Labute approximate surface area is 82.9 Å². The minimum atomic E-state index is -0.429. The molecule has 3 N–H and O–H groups in total. The third-order valence-corrected chi connectivity index (χ3v) is 2.03. The molecule has 0 aliphatic heterocycles. The number of amides is 1. The monoisotopic (exact) mass is 194 g/mol. The van der Waals surface area contributed by atoms with Gasteiger partial charge in [-0.2, -0.15) is 0 Å². The average Bonchev–Trinajstić information content (AvgIpc) is 2.18. The van der Waals surface area contributed by atoms with Crippen LogP contribution in [0.1, 0.15) is 10.4 Å². The normalized spacial score (nSPS) is 9.86. The first-order chi connectivity index (χ1) is 6.65. The van der Waals surface area contributed by atoms with Gasteiger partial charge in [0.15, 0.2) is 0 Å². The van der Waals surface area contributed by atoms with E-state index in [4.69, 9.17) is 10.8 Å². The number of aliphatic hydroxyl groups excluding tert-OH is 1. The first-order valence-electron chi connectivity index (χ1n) is 4.37. The second-order valence-electron chi connectivity index (χ2n) is 3.06. The predicted octanol–water partition coefficient (Wildman–Crippen LogP) is 0.214. The van der Waals surface area contributed by atoms with Crippen LogP contribution in [0.4, 0.5) is 5.69 Å². The molecular weight excluding hydrogens is 180 g/mol. The van der Waals surface area contributed by atoms with Crippen molar-refractivity contribution in [2.24, 2.45) is 5.73 Å². The van der Waals surface area contributed by atoms with E-state index >= 15 is 0 Å². The summed E-state index contributed by atoms with van der Waals surface area (Å²) in [5, 5.41) is 8.73. The summed E-state index contributed by atoms with van der Waals surface area (Å²) in [7, 11) is 1.87. The Hall–Kier alpha value is -1.55. The van der Waals surface area contributed by atoms with Gasteiger partial charge in [-0.1, -0.05) is 0 Å². The number of nitrogens with zero attached hydrogens (tertiary/aromatic N) is 1. The first-order valence-corrected chi connectivity index (χ1v) is 4.37. The Morgan fingerprint density at radius 1 is 1.43 bits per heavy atom. The van der Waals surface area contributed by atoms with E-state index < -0.39 is 5.91 Å². The molecule has 0 saturated carbocycles. The zero-order valence-electron chi connectivity index (χ0n) is 8.10. The zero-order chi connectivity index (χ0) is 10.6. The Balaban J connectivity index is 2.77. The molecule has 0 heterocycles. The Morgan fingerprint density at radius 2 is 2.00 bits per heavy atom. The minimum absolute atomic E-state index is 0.105. The van der Waals surface area contributed by atoms with Crippen LogP contribution in [-0.2, 0) is 0 Å². The molecule has 76 valence electrons. The van der Waals surface area contributed by atoms with Crippen LogP contribution in [-0.4, -0.2) is 31.2 Å². The van der Waals surface area contributed by atoms with Crippen molar-refractivity contribution in [3.63, 3.8) is 0 Å². The number of hydrogen-bond donors (Lipinski definition) is 2. The molecule has 0 aromatic heterocycles. The fourth-order valence-electron chi connectivity index (χ4n) is 1.16. The maximum Gasteiger partial charge on any atom is 0.248 e. The molecule has 0 unspecified atom stereocenters. The van der Waals surface area contributed by atoms with Crippen molar-refractivity contribution in [1.29, 1.82) is 0 Å². The number of anilines is 1. The van der Waals surface area contributed by atoms with Crippen molar-refractivity contribution in [2.45, 2.75) is 0 Å². The minimum Gasteiger partial charge on any atom is -0.395 e. The van der Waals surface area contributed by atoms with E-state index in [0.717, 1.165) is 5.69 Å². The molecule has 1 aromatic rings. The van der Waals surface area contributed by atoms with E-state index in [1.54, 1.807) is 24.3 Å². The molecule has 4 nitrogen and oxygen atoms in total. The molecule has 0 radical (unpaired) electrons. The van der Waals surface area contributed by atoms with E-state index in [-0.39, 0.29) is 6.61 Å². The highest BCUT2D eigenvalue weighted by Crippen LogP contribution is 2.12. The summed E-state index contributed by atoms with van der Waals surface area (Å²) >= 11 is 0. The number of carbonyl (C=O) groups excluding carboxylic acids is 1. The lowest BCUT2D eigenvalue weighted by atomic mass is 10.2. The van der Waals surface area contributed by atoms with Crippen molar-refractivity contribution >= 4 is 11.6 Å². The number of carbonyl (C=O) groups is 1. The van der Waals surface area contributed by atoms with E-state index in [0.29, 0.717) is 12.1 Å². The van der Waals surface area contributed by atoms with Gasteiger partial charge in [-0.3, -0.25) is 4.79 Å². The highest BCUT2D eigenvalue weighted by Gasteiger charge is 2.02. The number of hydrogen-bond acceptors (Lipinski definition) is 3. The lowest BCUT2D eigenvalue weighted by Crippen LogP contribution is -2.21. The van der Waals surface area contributed by atoms with Gasteiger partial charge in [0.25, 0.3) is 0 Å². The number of nitrogens with two attached hydrogens (primary N) is 1. The lowest BCUT2D eigenvalue weighted by molar-refractivity contribution is 0.100. The molecule has 0 atom stereocenters. The van der Waals surface area contributed by atoms with Crippen molar-refractivity contribution in [3.05, 3.63) is 29.8 Å². The molecule has 1 amide bonds. The Morgan fingerprint density at radius 3 is 2.43 bits per heavy atom. The first kappa shape index (κ1) is 10.5. The topological polar surface area (TPSA) is 66.6 Å². The predicted molar refractivity (Wildman–Crippen MR) is 55.3 cm³/mol. The largest absolute Gasteiger partial charge is 0.395 e. The third kappa shape index (κ3) is 2.47. The third-order valence-electron chi connectivity index (χ3n) is 2.03. The SMILES string of the molecule is CN(CCO)c1ccc(C(N)=O)cc1. The summed E-state index contributed by atoms with van der Waals surface area (Å²) in [6.07, 6.45) is 0. The van der Waals surface area contributed by atoms with Crippen LogP contribution in [0.25, 0.3) is 0 Å². The lowest BCUT2D eigenvalue weighted by Gasteiger charge is -2.17. The quantitative estimate of drug-likeness (QED) is 0.720. The van der Waals surface area contributed by atoms with E-state index in [2.05, 4.69) is 0 Å². The number of likely N-dealkylation sites (N-methyl/N-ethyl adjacent to an activating group) is 1. The fourth-order valence-corrected chi connectivity index (χ4v) is 1.16. The van der Waals surface area contributed by atoms with Gasteiger partial charge in [0.2, 0.25) is 5.91 Å². The maximum atomic E-state index is 10.8. The second kappa shape index (κ2) is 4.62. The van der Waals surface area contributed by atoms with Crippen LogP contribution >= 0.6 is 0 Å². The van der Waals surface area contributed by atoms with E-state index in [1.807, 2.05) is 11.9 Å². The second-order valence-corrected chi connectivity index (χ2v) is 3.06. The highest BCUT2D eigenvalue weighted by atomic mass is 16.3. The highest BCUT2D eigenvalue weighted by molar-refractivity contribution is 5.93. The zero-order valence-corrected chi connectivity index (χ0v) is 8.10. The fraction of sp³-hybridized carbons (Fsp3) is 0.300. The van der Waals surface area contributed by atoms with Crippen LogP contribution < -0.4 is 10.6 Å². The molecular formula is C10H14N2O2. The average molecular weight is 194 g/mol. The molecule has 0 fully saturated rings. The van der Waals surface area contributed by atoms with Gasteiger partial charge in [-0.05, 0) is 24.3 Å². The van der Waals surface area contributed by atoms with Crippen LogP contribution in [0.2, 0.25) is 0 Å². The van der Waals surface area contributed by atoms with Crippen molar-refractivity contribution in [1.82, 2.24) is 0 Å². The van der Waals surface area contributed by atoms with Crippen LogP contribution in [0.15, 0.2) is 24.3 Å². The van der Waals surface area contributed by atoms with Gasteiger partial charge in [-0.25, -0.2) is 0 Å².